The number of rotatable bonds is 4. The van der Waals surface area contributed by atoms with Crippen LogP contribution in [0.3, 0.4) is 0 Å². The van der Waals surface area contributed by atoms with E-state index in [1.807, 2.05) is 0 Å². The highest BCUT2D eigenvalue weighted by molar-refractivity contribution is 5.05. The highest BCUT2D eigenvalue weighted by atomic mass is 16.3. The summed E-state index contributed by atoms with van der Waals surface area (Å²) in [7, 11) is 0. The first-order valence-electron chi connectivity index (χ1n) is 6.41. The Morgan fingerprint density at radius 2 is 1.56 bits per heavy atom. The van der Waals surface area contributed by atoms with Crippen LogP contribution in [0, 0.1) is 45.3 Å². The maximum Gasteiger partial charge on any atom is 0.0842 e. The van der Waals surface area contributed by atoms with E-state index < -0.39 is 0 Å². The summed E-state index contributed by atoms with van der Waals surface area (Å²) in [6.45, 7) is 1.02. The van der Waals surface area contributed by atoms with Gasteiger partial charge in [0.05, 0.1) is 13.1 Å². The molecule has 6 atom stereocenters. The van der Waals surface area contributed by atoms with E-state index in [9.17, 15) is 9.81 Å². The fraction of sp³-hybridized carbons (Fsp3) is 1.00. The van der Waals surface area contributed by atoms with Crippen LogP contribution in [0.25, 0.3) is 0 Å². The maximum atomic E-state index is 10.4. The van der Waals surface area contributed by atoms with Crippen LogP contribution in [0.2, 0.25) is 0 Å². The van der Waals surface area contributed by atoms with E-state index in [0.717, 1.165) is 23.7 Å². The molecule has 0 amide bonds. The number of hydrogen-bond donors (Lipinski definition) is 0. The lowest BCUT2D eigenvalue weighted by atomic mass is 9.76. The smallest absolute Gasteiger partial charge is 0.0842 e. The van der Waals surface area contributed by atoms with Crippen molar-refractivity contribution < 1.29 is 0 Å². The first-order valence-corrected chi connectivity index (χ1v) is 6.41. The van der Waals surface area contributed by atoms with Gasteiger partial charge in [-0.05, 0) is 61.2 Å². The van der Waals surface area contributed by atoms with Crippen LogP contribution in [-0.2, 0) is 0 Å². The molecule has 4 nitrogen and oxygen atoms in total. The molecule has 0 aromatic carbocycles. The molecule has 3 aliphatic rings. The quantitative estimate of drug-likeness (QED) is 0.687. The van der Waals surface area contributed by atoms with Crippen LogP contribution in [0.15, 0.2) is 10.4 Å². The molecule has 16 heavy (non-hydrogen) atoms. The summed E-state index contributed by atoms with van der Waals surface area (Å²) in [5.41, 5.74) is 0. The fourth-order valence-corrected chi connectivity index (χ4v) is 4.89. The van der Waals surface area contributed by atoms with Crippen LogP contribution >= 0.6 is 0 Å². The van der Waals surface area contributed by atoms with Crippen LogP contribution in [0.4, 0.5) is 0 Å². The minimum Gasteiger partial charge on any atom is -0.151 e. The van der Waals surface area contributed by atoms with Crippen molar-refractivity contribution in [3.05, 3.63) is 9.81 Å². The molecular weight excluding hydrogens is 204 g/mol. The van der Waals surface area contributed by atoms with Crippen LogP contribution in [-0.4, -0.2) is 13.1 Å². The topological polar surface area (TPSA) is 58.9 Å². The van der Waals surface area contributed by atoms with E-state index in [4.69, 9.17) is 0 Å². The van der Waals surface area contributed by atoms with Gasteiger partial charge in [-0.25, -0.2) is 0 Å². The Morgan fingerprint density at radius 1 is 0.812 bits per heavy atom. The second-order valence-corrected chi connectivity index (χ2v) is 5.94. The fourth-order valence-electron chi connectivity index (χ4n) is 4.89. The molecule has 0 aliphatic heterocycles. The van der Waals surface area contributed by atoms with Gasteiger partial charge >= 0.3 is 0 Å². The van der Waals surface area contributed by atoms with Gasteiger partial charge in [-0.15, -0.1) is 0 Å². The average Bonchev–Trinajstić information content (AvgIpc) is 2.88. The zero-order valence-corrected chi connectivity index (χ0v) is 9.42. The summed E-state index contributed by atoms with van der Waals surface area (Å²) in [5, 5.41) is 6.14. The molecule has 0 radical (unpaired) electrons. The van der Waals surface area contributed by atoms with E-state index in [1.165, 1.54) is 25.7 Å². The van der Waals surface area contributed by atoms with Crippen molar-refractivity contribution in [2.75, 3.05) is 13.1 Å². The molecule has 3 fully saturated rings. The molecule has 6 unspecified atom stereocenters. The Labute approximate surface area is 95.1 Å². The lowest BCUT2D eigenvalue weighted by Gasteiger charge is -2.29. The molecule has 3 saturated carbocycles. The van der Waals surface area contributed by atoms with Gasteiger partial charge in [0.2, 0.25) is 0 Å². The summed E-state index contributed by atoms with van der Waals surface area (Å²) in [5.74, 6) is 4.23. The predicted octanol–water partition coefficient (Wildman–Crippen LogP) is 2.82. The monoisotopic (exact) mass is 222 g/mol. The number of nitrogens with zero attached hydrogens (tertiary/aromatic N) is 2. The van der Waals surface area contributed by atoms with Gasteiger partial charge in [0.1, 0.15) is 0 Å². The second kappa shape index (κ2) is 3.90. The minimum atomic E-state index is 0.503. The molecule has 4 heteroatoms. The van der Waals surface area contributed by atoms with Crippen molar-refractivity contribution in [3.63, 3.8) is 0 Å². The third-order valence-electron chi connectivity index (χ3n) is 5.34. The van der Waals surface area contributed by atoms with Crippen molar-refractivity contribution in [3.8, 4) is 0 Å². The van der Waals surface area contributed by atoms with Crippen molar-refractivity contribution in [1.29, 1.82) is 0 Å². The number of fused-ring (bicyclic) bond motifs is 5. The standard InChI is InChI=1S/C12H18N2O2/c15-13-5-7-1-10-8-3-9(6-14-16)11(4-8)12(10)2-7/h7-12H,1-6H2. The summed E-state index contributed by atoms with van der Waals surface area (Å²) in [6.07, 6.45) is 4.90. The summed E-state index contributed by atoms with van der Waals surface area (Å²) in [6, 6.07) is 0. The summed E-state index contributed by atoms with van der Waals surface area (Å²) >= 11 is 0. The predicted molar refractivity (Wildman–Crippen MR) is 60.7 cm³/mol. The van der Waals surface area contributed by atoms with Gasteiger partial charge in [-0.2, -0.15) is 9.81 Å². The third kappa shape index (κ3) is 1.42. The van der Waals surface area contributed by atoms with Crippen molar-refractivity contribution in [1.82, 2.24) is 0 Å². The van der Waals surface area contributed by atoms with Crippen LogP contribution in [0.1, 0.15) is 25.7 Å². The first-order chi connectivity index (χ1) is 7.83. The first kappa shape index (κ1) is 10.4. The zero-order valence-electron chi connectivity index (χ0n) is 9.42. The van der Waals surface area contributed by atoms with Gasteiger partial charge in [0, 0.05) is 0 Å². The summed E-state index contributed by atoms with van der Waals surface area (Å²) < 4.78 is 0. The highest BCUT2D eigenvalue weighted by Crippen LogP contribution is 2.62. The Bertz CT molecular complexity index is 307. The Kier molecular flexibility index (Phi) is 2.52. The SMILES string of the molecule is O=NCC1CC2C3CC(CN=O)C(C3)C2C1. The largest absolute Gasteiger partial charge is 0.151 e. The van der Waals surface area contributed by atoms with Gasteiger partial charge in [0.25, 0.3) is 0 Å². The molecule has 0 aromatic heterocycles. The maximum absolute atomic E-state index is 10.4. The van der Waals surface area contributed by atoms with E-state index in [1.54, 1.807) is 0 Å². The molecular formula is C12H18N2O2. The van der Waals surface area contributed by atoms with Crippen molar-refractivity contribution in [2.45, 2.75) is 25.7 Å². The molecule has 3 aliphatic carbocycles. The van der Waals surface area contributed by atoms with E-state index >= 15 is 0 Å². The van der Waals surface area contributed by atoms with Gasteiger partial charge in [-0.1, -0.05) is 10.4 Å². The molecule has 0 spiro atoms. The Hall–Kier alpha value is -0.800. The van der Waals surface area contributed by atoms with Crippen LogP contribution in [0.5, 0.6) is 0 Å². The van der Waals surface area contributed by atoms with Crippen molar-refractivity contribution >= 4 is 0 Å². The molecule has 3 rings (SSSR count). The van der Waals surface area contributed by atoms with Crippen LogP contribution < -0.4 is 0 Å². The highest BCUT2D eigenvalue weighted by Gasteiger charge is 2.55. The molecule has 2 bridgehead atoms. The normalized spacial score (nSPS) is 49.2. The van der Waals surface area contributed by atoms with Crippen molar-refractivity contribution in [2.24, 2.45) is 45.9 Å². The van der Waals surface area contributed by atoms with E-state index in [2.05, 4.69) is 10.4 Å². The van der Waals surface area contributed by atoms with Gasteiger partial charge < -0.3 is 0 Å². The summed E-state index contributed by atoms with van der Waals surface area (Å²) in [4.78, 5) is 20.7. The minimum absolute atomic E-state index is 0.503. The molecule has 0 aromatic rings. The number of hydrogen-bond acceptors (Lipinski definition) is 4. The lowest BCUT2D eigenvalue weighted by molar-refractivity contribution is 0.194. The lowest BCUT2D eigenvalue weighted by Crippen LogP contribution is -2.25. The van der Waals surface area contributed by atoms with Gasteiger partial charge in [0.15, 0.2) is 0 Å². The number of nitroso groups, excluding NO2 is 2. The Morgan fingerprint density at radius 3 is 2.31 bits per heavy atom. The van der Waals surface area contributed by atoms with E-state index in [-0.39, 0.29) is 0 Å². The third-order valence-corrected chi connectivity index (χ3v) is 5.34. The second-order valence-electron chi connectivity index (χ2n) is 5.94. The molecule has 0 N–H and O–H groups in total. The van der Waals surface area contributed by atoms with Gasteiger partial charge in [-0.3, -0.25) is 0 Å². The molecule has 0 saturated heterocycles. The molecule has 88 valence electrons. The van der Waals surface area contributed by atoms with E-state index in [0.29, 0.717) is 24.9 Å². The average molecular weight is 222 g/mol. The zero-order chi connectivity index (χ0) is 11.1. The molecule has 0 heterocycles. The Balaban J connectivity index is 1.69.